The minimum Gasteiger partial charge on any atom is -0.323 e. The lowest BCUT2D eigenvalue weighted by atomic mass is 10.2. The minimum absolute atomic E-state index is 0.290. The van der Waals surface area contributed by atoms with Gasteiger partial charge in [-0.15, -0.1) is 11.6 Å². The quantitative estimate of drug-likeness (QED) is 0.662. The molecule has 3 aromatic rings. The minimum atomic E-state index is -0.360. The molecule has 0 radical (unpaired) electrons. The average molecular weight is 307 g/mol. The highest BCUT2D eigenvalue weighted by Gasteiger charge is 2.13. The topological polar surface area (TPSA) is 17.8 Å². The number of para-hydroxylation sites is 1. The Kier molecular flexibility index (Phi) is 3.88. The maximum absolute atomic E-state index is 13.9. The third-order valence-electron chi connectivity index (χ3n) is 3.36. The number of aromatic nitrogens is 2. The molecule has 1 aromatic heterocycles. The second-order valence-corrected chi connectivity index (χ2v) is 5.17. The van der Waals surface area contributed by atoms with Gasteiger partial charge in [-0.05, 0) is 29.8 Å². The molecule has 0 spiro atoms. The van der Waals surface area contributed by atoms with E-state index >= 15 is 0 Å². The average Bonchev–Trinajstić information content (AvgIpc) is 2.79. The van der Waals surface area contributed by atoms with Crippen LogP contribution in [-0.4, -0.2) is 15.4 Å². The van der Waals surface area contributed by atoms with E-state index in [0.29, 0.717) is 35.7 Å². The fourth-order valence-corrected chi connectivity index (χ4v) is 2.60. The molecule has 2 aromatic carbocycles. The summed E-state index contributed by atoms with van der Waals surface area (Å²) in [6.45, 7) is 0.434. The predicted octanol–water partition coefficient (Wildman–Crippen LogP) is 4.14. The molecule has 0 unspecified atom stereocenters. The normalized spacial score (nSPS) is 11.2. The van der Waals surface area contributed by atoms with Gasteiger partial charge in [0.1, 0.15) is 17.2 Å². The first-order valence-corrected chi connectivity index (χ1v) is 7.16. The summed E-state index contributed by atoms with van der Waals surface area (Å²) in [7, 11) is 0. The van der Waals surface area contributed by atoms with E-state index in [1.807, 2.05) is 16.7 Å². The van der Waals surface area contributed by atoms with E-state index in [0.717, 1.165) is 5.56 Å². The molecule has 0 saturated heterocycles. The molecule has 5 heteroatoms. The summed E-state index contributed by atoms with van der Waals surface area (Å²) in [5, 5.41) is 0. The van der Waals surface area contributed by atoms with E-state index in [9.17, 15) is 8.78 Å². The molecule has 108 valence electrons. The van der Waals surface area contributed by atoms with Gasteiger partial charge in [0.25, 0.3) is 0 Å². The summed E-state index contributed by atoms with van der Waals surface area (Å²) < 4.78 is 29.1. The molecule has 0 aliphatic carbocycles. The Morgan fingerprint density at radius 3 is 2.67 bits per heavy atom. The van der Waals surface area contributed by atoms with Gasteiger partial charge in [0.2, 0.25) is 0 Å². The number of imidazole rings is 1. The Bertz CT molecular complexity index is 783. The smallest absolute Gasteiger partial charge is 0.151 e. The first kappa shape index (κ1) is 14.0. The van der Waals surface area contributed by atoms with Crippen LogP contribution in [0.1, 0.15) is 11.4 Å². The number of benzene rings is 2. The number of fused-ring (bicyclic) bond motifs is 1. The molecule has 0 aliphatic rings. The lowest BCUT2D eigenvalue weighted by molar-refractivity contribution is 0.623. The van der Waals surface area contributed by atoms with Gasteiger partial charge in [-0.2, -0.15) is 0 Å². The number of nitrogens with zero attached hydrogens (tertiary/aromatic N) is 2. The van der Waals surface area contributed by atoms with E-state index in [2.05, 4.69) is 4.98 Å². The fraction of sp³-hybridized carbons (Fsp3) is 0.188. The molecular formula is C16H13ClF2N2. The summed E-state index contributed by atoms with van der Waals surface area (Å²) in [5.74, 6) is 0.450. The van der Waals surface area contributed by atoms with Crippen molar-refractivity contribution >= 4 is 22.6 Å². The lowest BCUT2D eigenvalue weighted by Crippen LogP contribution is -2.06. The zero-order chi connectivity index (χ0) is 14.8. The van der Waals surface area contributed by atoms with Crippen LogP contribution in [0.5, 0.6) is 0 Å². The van der Waals surface area contributed by atoms with Crippen molar-refractivity contribution in [3.8, 4) is 0 Å². The molecule has 0 bridgehead atoms. The van der Waals surface area contributed by atoms with Crippen molar-refractivity contribution < 1.29 is 8.78 Å². The Morgan fingerprint density at radius 2 is 1.90 bits per heavy atom. The fourth-order valence-electron chi connectivity index (χ4n) is 2.43. The Hall–Kier alpha value is -1.94. The van der Waals surface area contributed by atoms with Crippen molar-refractivity contribution in [1.29, 1.82) is 0 Å². The van der Waals surface area contributed by atoms with Gasteiger partial charge in [-0.25, -0.2) is 13.8 Å². The summed E-state index contributed by atoms with van der Waals surface area (Å²) in [4.78, 5) is 4.33. The Balaban J connectivity index is 2.11. The lowest BCUT2D eigenvalue weighted by Gasteiger charge is -2.09. The van der Waals surface area contributed by atoms with Gasteiger partial charge in [0.05, 0.1) is 5.52 Å². The van der Waals surface area contributed by atoms with Crippen molar-refractivity contribution in [2.45, 2.75) is 13.0 Å². The van der Waals surface area contributed by atoms with Crippen molar-refractivity contribution in [3.05, 3.63) is 65.5 Å². The van der Waals surface area contributed by atoms with Crippen LogP contribution in [0, 0.1) is 11.6 Å². The van der Waals surface area contributed by atoms with Gasteiger partial charge in [0.15, 0.2) is 5.82 Å². The first-order chi connectivity index (χ1) is 10.2. The largest absolute Gasteiger partial charge is 0.323 e. The van der Waals surface area contributed by atoms with Gasteiger partial charge < -0.3 is 4.57 Å². The Labute approximate surface area is 126 Å². The number of rotatable bonds is 4. The Morgan fingerprint density at radius 1 is 1.10 bits per heavy atom. The summed E-state index contributed by atoms with van der Waals surface area (Å²) in [6.07, 6.45) is 0.533. The van der Waals surface area contributed by atoms with Crippen LogP contribution in [-0.2, 0) is 13.0 Å². The zero-order valence-corrected chi connectivity index (χ0v) is 11.9. The van der Waals surface area contributed by atoms with Crippen molar-refractivity contribution in [3.63, 3.8) is 0 Å². The highest BCUT2D eigenvalue weighted by Crippen LogP contribution is 2.21. The summed E-state index contributed by atoms with van der Waals surface area (Å²) >= 11 is 5.80. The number of hydrogen-bond acceptors (Lipinski definition) is 1. The first-order valence-electron chi connectivity index (χ1n) is 6.63. The molecule has 0 saturated carbocycles. The van der Waals surface area contributed by atoms with Gasteiger partial charge in [0, 0.05) is 18.8 Å². The van der Waals surface area contributed by atoms with E-state index in [1.54, 1.807) is 12.1 Å². The molecule has 0 N–H and O–H groups in total. The number of aryl methyl sites for hydroxylation is 1. The van der Waals surface area contributed by atoms with Crippen LogP contribution in [0.3, 0.4) is 0 Å². The van der Waals surface area contributed by atoms with E-state index < -0.39 is 0 Å². The van der Waals surface area contributed by atoms with Crippen LogP contribution in [0.4, 0.5) is 8.78 Å². The molecule has 1 heterocycles. The SMILES string of the molecule is Fc1cccc(Cn2c(CCCl)nc3c(F)cccc32)c1. The molecule has 0 fully saturated rings. The van der Waals surface area contributed by atoms with Crippen LogP contribution in [0.15, 0.2) is 42.5 Å². The number of alkyl halides is 1. The van der Waals surface area contributed by atoms with Gasteiger partial charge in [-0.1, -0.05) is 18.2 Å². The monoisotopic (exact) mass is 306 g/mol. The second-order valence-electron chi connectivity index (χ2n) is 4.79. The van der Waals surface area contributed by atoms with Gasteiger partial charge >= 0.3 is 0 Å². The van der Waals surface area contributed by atoms with Crippen molar-refractivity contribution in [1.82, 2.24) is 9.55 Å². The highest BCUT2D eigenvalue weighted by molar-refractivity contribution is 6.17. The third kappa shape index (κ3) is 2.76. The molecule has 2 nitrogen and oxygen atoms in total. The van der Waals surface area contributed by atoms with Crippen LogP contribution >= 0.6 is 11.6 Å². The van der Waals surface area contributed by atoms with Gasteiger partial charge in [-0.3, -0.25) is 0 Å². The zero-order valence-electron chi connectivity index (χ0n) is 11.2. The van der Waals surface area contributed by atoms with E-state index in [1.165, 1.54) is 18.2 Å². The molecule has 0 aliphatic heterocycles. The molecule has 0 amide bonds. The maximum Gasteiger partial charge on any atom is 0.151 e. The predicted molar refractivity (Wildman–Crippen MR) is 79.6 cm³/mol. The van der Waals surface area contributed by atoms with Crippen LogP contribution in [0.25, 0.3) is 11.0 Å². The maximum atomic E-state index is 13.9. The summed E-state index contributed by atoms with van der Waals surface area (Å²) in [5.41, 5.74) is 1.82. The molecular weight excluding hydrogens is 294 g/mol. The van der Waals surface area contributed by atoms with E-state index in [4.69, 9.17) is 11.6 Å². The molecule has 21 heavy (non-hydrogen) atoms. The highest BCUT2D eigenvalue weighted by atomic mass is 35.5. The number of hydrogen-bond donors (Lipinski definition) is 0. The standard InChI is InChI=1S/C16H13ClF2N2/c17-8-7-15-20-16-13(19)5-2-6-14(16)21(15)10-11-3-1-4-12(18)9-11/h1-6,9H,7-8,10H2. The second kappa shape index (κ2) is 5.82. The van der Waals surface area contributed by atoms with Crippen molar-refractivity contribution in [2.24, 2.45) is 0 Å². The molecule has 3 rings (SSSR count). The van der Waals surface area contributed by atoms with E-state index in [-0.39, 0.29) is 11.6 Å². The summed E-state index contributed by atoms with van der Waals surface area (Å²) in [6, 6.07) is 11.2. The molecule has 0 atom stereocenters. The third-order valence-corrected chi connectivity index (χ3v) is 3.55. The van der Waals surface area contributed by atoms with Crippen molar-refractivity contribution in [2.75, 3.05) is 5.88 Å². The van der Waals surface area contributed by atoms with Crippen LogP contribution in [0.2, 0.25) is 0 Å². The van der Waals surface area contributed by atoms with Crippen LogP contribution < -0.4 is 0 Å². The number of halogens is 3.